The molecule has 0 saturated heterocycles. The Morgan fingerprint density at radius 3 is 3.00 bits per heavy atom. The van der Waals surface area contributed by atoms with Gasteiger partial charge in [0.2, 0.25) is 0 Å². The highest BCUT2D eigenvalue weighted by atomic mass is 16.5. The van der Waals surface area contributed by atoms with Gasteiger partial charge in [0.05, 0.1) is 0 Å². The molecule has 0 spiro atoms. The summed E-state index contributed by atoms with van der Waals surface area (Å²) in [6, 6.07) is 5.68. The van der Waals surface area contributed by atoms with E-state index in [1.54, 1.807) is 0 Å². The topological polar surface area (TPSA) is 78.3 Å². The van der Waals surface area contributed by atoms with Crippen LogP contribution >= 0.6 is 0 Å². The Balaban J connectivity index is 2.27. The van der Waals surface area contributed by atoms with Crippen molar-refractivity contribution in [2.24, 2.45) is 11.5 Å². The molecule has 0 radical (unpaired) electrons. The van der Waals surface area contributed by atoms with Crippen LogP contribution in [0.4, 0.5) is 0 Å². The van der Waals surface area contributed by atoms with Gasteiger partial charge in [0.25, 0.3) is 5.91 Å². The number of rotatable bonds is 2. The van der Waals surface area contributed by atoms with Crippen LogP contribution in [0.5, 0.6) is 5.75 Å². The number of benzene rings is 1. The molecule has 1 aromatic carbocycles. The minimum Gasteiger partial charge on any atom is -0.480 e. The smallest absolute Gasteiger partial charge is 0.258 e. The summed E-state index contributed by atoms with van der Waals surface area (Å²) in [5, 5.41) is 0. The third-order valence-electron chi connectivity index (χ3n) is 2.35. The van der Waals surface area contributed by atoms with E-state index in [4.69, 9.17) is 16.2 Å². The SMILES string of the molecule is NCc1ccc2c(c1)CC(C(N)=O)O2. The van der Waals surface area contributed by atoms with Crippen LogP contribution in [0.2, 0.25) is 0 Å². The normalized spacial score (nSPS) is 18.8. The number of carbonyl (C=O) groups is 1. The van der Waals surface area contributed by atoms with Crippen molar-refractivity contribution < 1.29 is 9.53 Å². The van der Waals surface area contributed by atoms with E-state index in [1.165, 1.54) is 0 Å². The highest BCUT2D eigenvalue weighted by Gasteiger charge is 2.26. The van der Waals surface area contributed by atoms with Crippen molar-refractivity contribution in [3.05, 3.63) is 29.3 Å². The largest absolute Gasteiger partial charge is 0.480 e. The summed E-state index contributed by atoms with van der Waals surface area (Å²) < 4.78 is 5.35. The van der Waals surface area contributed by atoms with Crippen molar-refractivity contribution in [2.75, 3.05) is 0 Å². The van der Waals surface area contributed by atoms with Gasteiger partial charge in [0.1, 0.15) is 5.75 Å². The summed E-state index contributed by atoms with van der Waals surface area (Å²) in [5.41, 5.74) is 12.7. The fraction of sp³-hybridized carbons (Fsp3) is 0.300. The molecule has 4 nitrogen and oxygen atoms in total. The van der Waals surface area contributed by atoms with E-state index in [9.17, 15) is 4.79 Å². The number of fused-ring (bicyclic) bond motifs is 1. The average molecular weight is 192 g/mol. The summed E-state index contributed by atoms with van der Waals surface area (Å²) >= 11 is 0. The predicted molar refractivity (Wildman–Crippen MR) is 51.6 cm³/mol. The van der Waals surface area contributed by atoms with E-state index in [0.717, 1.165) is 16.9 Å². The number of primary amides is 1. The van der Waals surface area contributed by atoms with Crippen molar-refractivity contribution in [1.82, 2.24) is 0 Å². The summed E-state index contributed by atoms with van der Waals surface area (Å²) in [5.74, 6) is 0.321. The quantitative estimate of drug-likeness (QED) is 0.688. The highest BCUT2D eigenvalue weighted by molar-refractivity contribution is 5.80. The van der Waals surface area contributed by atoms with Crippen LogP contribution < -0.4 is 16.2 Å². The van der Waals surface area contributed by atoms with Crippen LogP contribution in [-0.4, -0.2) is 12.0 Å². The van der Waals surface area contributed by atoms with Crippen LogP contribution in [0.15, 0.2) is 18.2 Å². The van der Waals surface area contributed by atoms with E-state index >= 15 is 0 Å². The van der Waals surface area contributed by atoms with Crippen molar-refractivity contribution in [3.8, 4) is 5.75 Å². The Bertz CT molecular complexity index is 376. The number of hydrogen-bond acceptors (Lipinski definition) is 3. The van der Waals surface area contributed by atoms with Gasteiger partial charge < -0.3 is 16.2 Å². The maximum absolute atomic E-state index is 10.9. The van der Waals surface area contributed by atoms with E-state index in [0.29, 0.717) is 13.0 Å². The number of carbonyl (C=O) groups excluding carboxylic acids is 1. The first-order valence-electron chi connectivity index (χ1n) is 4.48. The first-order chi connectivity index (χ1) is 6.70. The van der Waals surface area contributed by atoms with Crippen LogP contribution in [0, 0.1) is 0 Å². The van der Waals surface area contributed by atoms with Crippen molar-refractivity contribution in [2.45, 2.75) is 19.1 Å². The highest BCUT2D eigenvalue weighted by Crippen LogP contribution is 2.29. The molecular weight excluding hydrogens is 180 g/mol. The van der Waals surface area contributed by atoms with Gasteiger partial charge in [-0.05, 0) is 17.2 Å². The lowest BCUT2D eigenvalue weighted by Gasteiger charge is -2.04. The third kappa shape index (κ3) is 1.44. The maximum Gasteiger partial charge on any atom is 0.258 e. The zero-order valence-corrected chi connectivity index (χ0v) is 7.69. The van der Waals surface area contributed by atoms with E-state index < -0.39 is 12.0 Å². The zero-order valence-electron chi connectivity index (χ0n) is 7.69. The zero-order chi connectivity index (χ0) is 10.1. The van der Waals surface area contributed by atoms with Gasteiger partial charge in [-0.3, -0.25) is 4.79 Å². The minimum absolute atomic E-state index is 0.421. The van der Waals surface area contributed by atoms with Gasteiger partial charge in [-0.15, -0.1) is 0 Å². The molecule has 74 valence electrons. The molecule has 1 aliphatic heterocycles. The molecule has 1 aliphatic rings. The van der Waals surface area contributed by atoms with Gasteiger partial charge in [-0.25, -0.2) is 0 Å². The molecule has 1 heterocycles. The van der Waals surface area contributed by atoms with Crippen LogP contribution in [-0.2, 0) is 17.8 Å². The molecule has 1 atom stereocenters. The molecule has 14 heavy (non-hydrogen) atoms. The summed E-state index contributed by atoms with van der Waals surface area (Å²) in [6.45, 7) is 0.495. The lowest BCUT2D eigenvalue weighted by molar-refractivity contribution is -0.123. The van der Waals surface area contributed by atoms with Gasteiger partial charge in [0, 0.05) is 13.0 Å². The second kappa shape index (κ2) is 3.31. The first-order valence-corrected chi connectivity index (χ1v) is 4.48. The molecule has 2 rings (SSSR count). The molecule has 1 amide bonds. The van der Waals surface area contributed by atoms with Crippen LogP contribution in [0.3, 0.4) is 0 Å². The van der Waals surface area contributed by atoms with Crippen LogP contribution in [0.25, 0.3) is 0 Å². The van der Waals surface area contributed by atoms with Gasteiger partial charge >= 0.3 is 0 Å². The van der Waals surface area contributed by atoms with Gasteiger partial charge in [-0.2, -0.15) is 0 Å². The lowest BCUT2D eigenvalue weighted by atomic mass is 10.1. The maximum atomic E-state index is 10.9. The Hall–Kier alpha value is -1.55. The Morgan fingerprint density at radius 2 is 2.36 bits per heavy atom. The molecule has 4 heteroatoms. The van der Waals surface area contributed by atoms with Crippen LogP contribution in [0.1, 0.15) is 11.1 Å². The number of hydrogen-bond donors (Lipinski definition) is 2. The lowest BCUT2D eigenvalue weighted by Crippen LogP contribution is -2.31. The molecule has 1 unspecified atom stereocenters. The monoisotopic (exact) mass is 192 g/mol. The first kappa shape index (κ1) is 9.02. The molecule has 1 aromatic rings. The van der Waals surface area contributed by atoms with Gasteiger partial charge in [-0.1, -0.05) is 12.1 Å². The molecule has 0 fully saturated rings. The third-order valence-corrected chi connectivity index (χ3v) is 2.35. The molecular formula is C10H12N2O2. The fourth-order valence-electron chi connectivity index (χ4n) is 1.59. The summed E-state index contributed by atoms with van der Waals surface area (Å²) in [7, 11) is 0. The Labute approximate surface area is 81.8 Å². The number of amides is 1. The molecule has 0 aromatic heterocycles. The molecule has 0 aliphatic carbocycles. The van der Waals surface area contributed by atoms with Gasteiger partial charge in [0.15, 0.2) is 6.10 Å². The van der Waals surface area contributed by atoms with Crippen molar-refractivity contribution in [3.63, 3.8) is 0 Å². The summed E-state index contributed by atoms with van der Waals surface area (Å²) in [4.78, 5) is 10.9. The van der Waals surface area contributed by atoms with Crippen molar-refractivity contribution >= 4 is 5.91 Å². The number of nitrogens with two attached hydrogens (primary N) is 2. The molecule has 0 saturated carbocycles. The standard InChI is InChI=1S/C10H12N2O2/c11-5-6-1-2-8-7(3-6)4-9(14-8)10(12)13/h1-3,9H,4-5,11H2,(H2,12,13). The fourth-order valence-corrected chi connectivity index (χ4v) is 1.59. The van der Waals surface area contributed by atoms with E-state index in [1.807, 2.05) is 18.2 Å². The van der Waals surface area contributed by atoms with Crippen molar-refractivity contribution in [1.29, 1.82) is 0 Å². The minimum atomic E-state index is -0.516. The van der Waals surface area contributed by atoms with E-state index in [-0.39, 0.29) is 0 Å². The van der Waals surface area contributed by atoms with E-state index in [2.05, 4.69) is 0 Å². The summed E-state index contributed by atoms with van der Waals surface area (Å²) in [6.07, 6.45) is 0.0384. The Morgan fingerprint density at radius 1 is 1.57 bits per heavy atom. The molecule has 0 bridgehead atoms. The predicted octanol–water partition coefficient (Wildman–Crippen LogP) is -0.0659. The second-order valence-corrected chi connectivity index (χ2v) is 3.36. The second-order valence-electron chi connectivity index (χ2n) is 3.36. The molecule has 4 N–H and O–H groups in total. The average Bonchev–Trinajstić information content (AvgIpc) is 2.59. The number of ether oxygens (including phenoxy) is 1. The Kier molecular flexibility index (Phi) is 2.13.